The number of aromatic nitrogens is 2. The van der Waals surface area contributed by atoms with Crippen molar-refractivity contribution in [3.8, 4) is 11.5 Å². The maximum Gasteiger partial charge on any atom is 0.471 e. The molecule has 392 valence electrons. The number of amides is 3. The number of ketones is 1. The summed E-state index contributed by atoms with van der Waals surface area (Å²) in [4.78, 5) is 51.9. The van der Waals surface area contributed by atoms with Crippen LogP contribution < -0.4 is 15.1 Å². The summed E-state index contributed by atoms with van der Waals surface area (Å²) in [6.07, 6.45) is -9.80. The summed E-state index contributed by atoms with van der Waals surface area (Å²) in [7, 11) is -6.52. The second-order valence-electron chi connectivity index (χ2n) is 16.5. The van der Waals surface area contributed by atoms with Crippen molar-refractivity contribution < 1.29 is 84.3 Å². The number of halogens is 12. The van der Waals surface area contributed by atoms with Crippen LogP contribution in [0.3, 0.4) is 0 Å². The zero-order valence-electron chi connectivity index (χ0n) is 37.2. The summed E-state index contributed by atoms with van der Waals surface area (Å²) in [6.45, 7) is -1.75. The lowest BCUT2D eigenvalue weighted by atomic mass is 9.99. The second-order valence-corrected chi connectivity index (χ2v) is 21.9. The Hall–Kier alpha value is -6.12. The number of nitrogens with one attached hydrogen (secondary N) is 1. The molecule has 3 heterocycles. The van der Waals surface area contributed by atoms with Crippen molar-refractivity contribution in [2.45, 2.75) is 51.1 Å². The van der Waals surface area contributed by atoms with Gasteiger partial charge in [-0.25, -0.2) is 34.4 Å². The molecular formula is C45H37Cl2F10N5O9S2. The molecule has 0 atom stereocenters. The van der Waals surface area contributed by atoms with Crippen LogP contribution in [0.25, 0.3) is 11.5 Å². The molecular weight excluding hydrogens is 1080 g/mol. The number of hydrogen-bond donors (Lipinski definition) is 1. The van der Waals surface area contributed by atoms with E-state index in [1.165, 1.54) is 40.5 Å². The molecule has 1 aromatic heterocycles. The maximum absolute atomic E-state index is 15.0. The molecule has 2 aliphatic heterocycles. The van der Waals surface area contributed by atoms with Gasteiger partial charge in [-0.3, -0.25) is 19.2 Å². The van der Waals surface area contributed by atoms with Crippen LogP contribution in [0.15, 0.2) is 77.2 Å². The van der Waals surface area contributed by atoms with Crippen molar-refractivity contribution >= 4 is 77.8 Å². The van der Waals surface area contributed by atoms with Gasteiger partial charge < -0.3 is 19.5 Å². The molecule has 0 aliphatic carbocycles. The SMILES string of the molecule is O=C(C1CCS(=O)(=O)CC1)N(Cc1ccc(-c2nnc(C(F)(F)F)o2)cc1F)c1ccc(F)c(Cl)c1.O=C(CNC(=O)C(F)(F)F)c1ccc(CN(C(=O)C2CCS(=O)(=O)CC2)c2ccc(F)c(Cl)c2)c(F)c1. The molecule has 28 heteroatoms. The Morgan fingerprint density at radius 1 is 0.616 bits per heavy atom. The topological polar surface area (TPSA) is 194 Å². The van der Waals surface area contributed by atoms with Gasteiger partial charge in [0.2, 0.25) is 17.7 Å². The molecule has 3 amide bonds. The first kappa shape index (κ1) is 56.2. The number of carbonyl (C=O) groups is 4. The van der Waals surface area contributed by atoms with E-state index in [4.69, 9.17) is 23.2 Å². The molecule has 2 aliphatic rings. The molecule has 2 saturated heterocycles. The highest BCUT2D eigenvalue weighted by atomic mass is 35.5. The van der Waals surface area contributed by atoms with Crippen LogP contribution in [0.2, 0.25) is 10.0 Å². The Bertz CT molecular complexity index is 3130. The minimum atomic E-state index is -5.18. The van der Waals surface area contributed by atoms with E-state index in [2.05, 4.69) is 14.6 Å². The average molecular weight is 1120 g/mol. The smallest absolute Gasteiger partial charge is 0.413 e. The summed E-state index contributed by atoms with van der Waals surface area (Å²) < 4.78 is 184. The number of anilines is 2. The van der Waals surface area contributed by atoms with E-state index in [0.717, 1.165) is 47.4 Å². The van der Waals surface area contributed by atoms with Crippen molar-refractivity contribution in [3.05, 3.63) is 129 Å². The fourth-order valence-corrected chi connectivity index (χ4v) is 10.8. The molecule has 2 fully saturated rings. The molecule has 5 aromatic rings. The number of nitrogens with zero attached hydrogens (tertiary/aromatic N) is 4. The lowest BCUT2D eigenvalue weighted by Gasteiger charge is -2.30. The molecule has 7 rings (SSSR count). The number of benzene rings is 4. The van der Waals surface area contributed by atoms with Crippen LogP contribution in [0.5, 0.6) is 0 Å². The summed E-state index contributed by atoms with van der Waals surface area (Å²) in [6, 6.07) is 13.3. The number of Topliss-reactive ketones (excluding diaryl/α,β-unsaturated/α-hetero) is 1. The third kappa shape index (κ3) is 14.6. The van der Waals surface area contributed by atoms with Crippen molar-refractivity contribution in [1.82, 2.24) is 15.5 Å². The van der Waals surface area contributed by atoms with Gasteiger partial charge in [0.15, 0.2) is 5.78 Å². The van der Waals surface area contributed by atoms with E-state index >= 15 is 0 Å². The van der Waals surface area contributed by atoms with E-state index in [1.54, 1.807) is 0 Å². The van der Waals surface area contributed by atoms with Crippen LogP contribution in [0, 0.1) is 35.1 Å². The molecule has 14 nitrogen and oxygen atoms in total. The second kappa shape index (κ2) is 22.6. The molecule has 73 heavy (non-hydrogen) atoms. The maximum atomic E-state index is 15.0. The van der Waals surface area contributed by atoms with E-state index < -0.39 is 116 Å². The fourth-order valence-electron chi connectivity index (χ4n) is 7.43. The highest BCUT2D eigenvalue weighted by molar-refractivity contribution is 7.91. The van der Waals surface area contributed by atoms with E-state index in [-0.39, 0.29) is 98.9 Å². The van der Waals surface area contributed by atoms with Crippen molar-refractivity contribution in [2.75, 3.05) is 39.4 Å². The predicted octanol–water partition coefficient (Wildman–Crippen LogP) is 8.88. The van der Waals surface area contributed by atoms with Crippen molar-refractivity contribution in [2.24, 2.45) is 11.8 Å². The Kier molecular flexibility index (Phi) is 17.4. The van der Waals surface area contributed by atoms with E-state index in [9.17, 15) is 79.9 Å². The van der Waals surface area contributed by atoms with Gasteiger partial charge in [-0.05, 0) is 80.3 Å². The fraction of sp³-hybridized carbons (Fsp3) is 0.333. The van der Waals surface area contributed by atoms with Gasteiger partial charge in [0, 0.05) is 45.5 Å². The van der Waals surface area contributed by atoms with Crippen LogP contribution >= 0.6 is 23.2 Å². The Balaban J connectivity index is 0.000000238. The number of carbonyl (C=O) groups excluding carboxylic acids is 4. The molecule has 0 saturated carbocycles. The molecule has 1 N–H and O–H groups in total. The van der Waals surface area contributed by atoms with Gasteiger partial charge in [-0.2, -0.15) is 26.3 Å². The molecule has 0 spiro atoms. The molecule has 4 aromatic carbocycles. The first-order valence-corrected chi connectivity index (χ1v) is 25.7. The minimum absolute atomic E-state index is 0.0217. The van der Waals surface area contributed by atoms with Gasteiger partial charge in [0.05, 0.1) is 52.7 Å². The predicted molar refractivity (Wildman–Crippen MR) is 242 cm³/mol. The Morgan fingerprint density at radius 3 is 1.47 bits per heavy atom. The largest absolute Gasteiger partial charge is 0.471 e. The van der Waals surface area contributed by atoms with Crippen LogP contribution in [-0.4, -0.2) is 86.3 Å². The summed E-state index contributed by atoms with van der Waals surface area (Å²) >= 11 is 11.7. The zero-order chi connectivity index (χ0) is 53.8. The van der Waals surface area contributed by atoms with Gasteiger partial charge in [0.1, 0.15) is 42.9 Å². The lowest BCUT2D eigenvalue weighted by Crippen LogP contribution is -2.40. The quantitative estimate of drug-likeness (QED) is 0.0926. The first-order chi connectivity index (χ1) is 34.0. The summed E-state index contributed by atoms with van der Waals surface area (Å²) in [5.41, 5.74) is -0.253. The monoisotopic (exact) mass is 1120 g/mol. The van der Waals surface area contributed by atoms with Crippen LogP contribution in [0.1, 0.15) is 53.1 Å². The molecule has 0 unspecified atom stereocenters. The number of hydrogen-bond acceptors (Lipinski definition) is 11. The van der Waals surface area contributed by atoms with Crippen LogP contribution in [-0.2, 0) is 53.3 Å². The lowest BCUT2D eigenvalue weighted by molar-refractivity contribution is -0.173. The van der Waals surface area contributed by atoms with Gasteiger partial charge >= 0.3 is 24.2 Å². The summed E-state index contributed by atoms with van der Waals surface area (Å²) in [5, 5.41) is 7.01. The molecule has 0 bridgehead atoms. The number of alkyl halides is 6. The van der Waals surface area contributed by atoms with E-state index in [0.29, 0.717) is 0 Å². The van der Waals surface area contributed by atoms with Crippen molar-refractivity contribution in [3.63, 3.8) is 0 Å². The highest BCUT2D eigenvalue weighted by Crippen LogP contribution is 2.34. The Labute approximate surface area is 418 Å². The van der Waals surface area contributed by atoms with E-state index in [1.807, 2.05) is 0 Å². The number of sulfone groups is 2. The third-order valence-corrected chi connectivity index (χ3v) is 15.4. The minimum Gasteiger partial charge on any atom is -0.413 e. The highest BCUT2D eigenvalue weighted by Gasteiger charge is 2.40. The van der Waals surface area contributed by atoms with Gasteiger partial charge in [-0.15, -0.1) is 10.2 Å². The third-order valence-electron chi connectivity index (χ3n) is 11.4. The van der Waals surface area contributed by atoms with Crippen LogP contribution in [0.4, 0.5) is 55.3 Å². The van der Waals surface area contributed by atoms with Crippen molar-refractivity contribution in [1.29, 1.82) is 0 Å². The zero-order valence-corrected chi connectivity index (χ0v) is 40.3. The normalized spacial score (nSPS) is 15.9. The Morgan fingerprint density at radius 2 is 1.07 bits per heavy atom. The van der Waals surface area contributed by atoms with Gasteiger partial charge in [-0.1, -0.05) is 41.4 Å². The summed E-state index contributed by atoms with van der Waals surface area (Å²) in [5.74, 6) is -11.9. The first-order valence-electron chi connectivity index (χ1n) is 21.3. The standard InChI is InChI=1S/C23H20ClF5N2O5S.C22H17ClF5N3O4S/c24-17-10-16(3-4-18(17)25)31(21(33)13-5-7-37(35,36)8-6-13)12-15-2-1-14(9-19(15)26)20(32)11-30-22(34)23(27,28)29;23-16-10-15(3-4-17(16)24)31(20(32)12-5-7-36(33,34)8-6-12)11-14-2-1-13(9-18(14)25)19-29-30-21(35-19)22(26,27)28/h1-4,9-10,13H,5-8,11-12H2,(H,30,34);1-4,9-10,12H,5-8,11H2. The average Bonchev–Trinajstić information content (AvgIpc) is 3.83. The molecule has 0 radical (unpaired) electrons. The number of rotatable bonds is 12. The van der Waals surface area contributed by atoms with Gasteiger partial charge in [0.25, 0.3) is 0 Å².